The molecule has 12 nitrogen and oxygen atoms in total. The van der Waals surface area contributed by atoms with E-state index in [0.717, 1.165) is 22.8 Å². The molecule has 0 saturated heterocycles. The number of aromatic hydroxyl groups is 7. The van der Waals surface area contributed by atoms with Crippen LogP contribution in [0.3, 0.4) is 0 Å². The molecule has 2 aliphatic rings. The second kappa shape index (κ2) is 14.6. The molecule has 0 aromatic heterocycles. The monoisotopic (exact) mass is 709 g/mol. The molecule has 52 heavy (non-hydrogen) atoms. The van der Waals surface area contributed by atoms with Gasteiger partial charge in [-0.2, -0.15) is 0 Å². The highest BCUT2D eigenvalue weighted by Gasteiger charge is 2.33. The summed E-state index contributed by atoms with van der Waals surface area (Å²) in [6.45, 7) is 2.36. The minimum absolute atomic E-state index is 0.0716. The molecule has 0 aliphatic heterocycles. The van der Waals surface area contributed by atoms with Crippen molar-refractivity contribution in [1.29, 1.82) is 0 Å². The van der Waals surface area contributed by atoms with Gasteiger partial charge in [0, 0.05) is 35.2 Å². The Morgan fingerprint density at radius 2 is 1.52 bits per heavy atom. The van der Waals surface area contributed by atoms with Crippen molar-refractivity contribution in [2.24, 2.45) is 0 Å². The Labute approximate surface area is 298 Å². The Bertz CT molecular complexity index is 2130. The van der Waals surface area contributed by atoms with Gasteiger partial charge in [0.2, 0.25) is 6.10 Å². The fraction of sp³-hybridized carbons (Fsp3) is 0.250. The van der Waals surface area contributed by atoms with Crippen molar-refractivity contribution in [3.8, 4) is 51.4 Å². The molecule has 4 aromatic carbocycles. The number of carbonyl (C=O) groups excluding carboxylic acids is 1. The van der Waals surface area contributed by atoms with E-state index in [1.807, 2.05) is 13.0 Å². The number of aliphatic carboxylic acids is 1. The molecule has 0 fully saturated rings. The van der Waals surface area contributed by atoms with Gasteiger partial charge in [-0.3, -0.25) is 0 Å². The highest BCUT2D eigenvalue weighted by atomic mass is 16.6. The zero-order chi connectivity index (χ0) is 37.3. The average Bonchev–Trinajstić information content (AvgIpc) is 3.32. The van der Waals surface area contributed by atoms with Gasteiger partial charge >= 0.3 is 11.9 Å². The molecule has 0 spiro atoms. The molecule has 0 heterocycles. The van der Waals surface area contributed by atoms with Crippen molar-refractivity contribution in [1.82, 2.24) is 5.32 Å². The number of phenols is 7. The molecule has 2 aliphatic carbocycles. The number of esters is 1. The highest BCUT2D eigenvalue weighted by molar-refractivity contribution is 5.97. The molecule has 0 amide bonds. The number of carboxylic acid groups (broad SMARTS) is 1. The van der Waals surface area contributed by atoms with Gasteiger partial charge in [0.1, 0.15) is 5.75 Å². The Balaban J connectivity index is 1.38. The first kappa shape index (κ1) is 35.7. The summed E-state index contributed by atoms with van der Waals surface area (Å²) >= 11 is 0. The molecule has 0 radical (unpaired) electrons. The maximum atomic E-state index is 13.2. The second-order valence-electron chi connectivity index (χ2n) is 12.9. The van der Waals surface area contributed by atoms with Crippen LogP contribution in [-0.2, 0) is 33.6 Å². The van der Waals surface area contributed by atoms with E-state index in [9.17, 15) is 50.4 Å². The number of fused-ring (bicyclic) bond motifs is 4. The third-order valence-corrected chi connectivity index (χ3v) is 9.71. The number of allylic oxidation sites excluding steroid dienone is 1. The molecule has 0 saturated carbocycles. The second-order valence-corrected chi connectivity index (χ2v) is 12.9. The van der Waals surface area contributed by atoms with Crippen LogP contribution in [0.5, 0.6) is 40.2 Å². The van der Waals surface area contributed by atoms with E-state index in [1.54, 1.807) is 18.2 Å². The van der Waals surface area contributed by atoms with Gasteiger partial charge in [0.25, 0.3) is 0 Å². The molecule has 270 valence electrons. The third kappa shape index (κ3) is 6.80. The topological polar surface area (TPSA) is 217 Å². The largest absolute Gasteiger partial charge is 0.508 e. The lowest BCUT2D eigenvalue weighted by molar-refractivity contribution is -0.162. The first-order chi connectivity index (χ1) is 24.9. The van der Waals surface area contributed by atoms with Crippen LogP contribution in [0.15, 0.2) is 54.6 Å². The van der Waals surface area contributed by atoms with Crippen molar-refractivity contribution in [3.63, 3.8) is 0 Å². The number of ether oxygens (including phenoxy) is 1. The van der Waals surface area contributed by atoms with Crippen molar-refractivity contribution in [2.45, 2.75) is 51.0 Å². The van der Waals surface area contributed by atoms with E-state index in [4.69, 9.17) is 4.74 Å². The maximum absolute atomic E-state index is 13.2. The summed E-state index contributed by atoms with van der Waals surface area (Å²) in [6.07, 6.45) is 4.72. The predicted molar refractivity (Wildman–Crippen MR) is 192 cm³/mol. The number of rotatable bonds is 10. The number of carboxylic acids is 1. The van der Waals surface area contributed by atoms with Crippen LogP contribution in [0.2, 0.25) is 0 Å². The lowest BCUT2D eigenvalue weighted by Gasteiger charge is -2.25. The molecular formula is C40H39NO11. The zero-order valence-corrected chi connectivity index (χ0v) is 28.3. The lowest BCUT2D eigenvalue weighted by Crippen LogP contribution is -2.38. The zero-order valence-electron chi connectivity index (χ0n) is 28.3. The average molecular weight is 710 g/mol. The van der Waals surface area contributed by atoms with Gasteiger partial charge in [-0.1, -0.05) is 31.2 Å². The van der Waals surface area contributed by atoms with Gasteiger partial charge in [-0.25, -0.2) is 9.59 Å². The summed E-state index contributed by atoms with van der Waals surface area (Å²) in [4.78, 5) is 25.6. The predicted octanol–water partition coefficient (Wildman–Crippen LogP) is 5.67. The van der Waals surface area contributed by atoms with E-state index in [1.165, 1.54) is 36.4 Å². The number of benzene rings is 4. The molecule has 2 atom stereocenters. The highest BCUT2D eigenvalue weighted by Crippen LogP contribution is 2.50. The third-order valence-electron chi connectivity index (χ3n) is 9.71. The van der Waals surface area contributed by atoms with Gasteiger partial charge in [0.05, 0.1) is 0 Å². The molecule has 9 N–H and O–H groups in total. The Hall–Kier alpha value is -6.14. The molecule has 12 heteroatoms. The van der Waals surface area contributed by atoms with Gasteiger partial charge in [0.15, 0.2) is 34.5 Å². The first-order valence-electron chi connectivity index (χ1n) is 16.9. The summed E-state index contributed by atoms with van der Waals surface area (Å²) in [5.41, 5.74) is 5.51. The van der Waals surface area contributed by atoms with E-state index in [0.29, 0.717) is 71.2 Å². The summed E-state index contributed by atoms with van der Waals surface area (Å²) in [6, 6.07) is 11.8. The van der Waals surface area contributed by atoms with Gasteiger partial charge in [-0.15, -0.1) is 0 Å². The standard InChI is InChI=1S/C40H39NO11/c1-2-41-19-29(22-10-13-31(43)32(44)16-22)39(40(50)51)52-35(47)14-11-21-17-33(45)37(48)25-12-9-20(15-27(21)25)28-18-34(46)38(49)26-7-3-5-23-24(36(26)28)6-4-8-30(23)42/h4,6,8,10-11,13-18,29,39,41-46,48-49H,2-3,5,7,9,12,19H2,1H3,(H,50,51)/t29-,39+/m0/s1. The van der Waals surface area contributed by atoms with Crippen LogP contribution in [-0.4, -0.2) is 72.0 Å². The Kier molecular flexibility index (Phi) is 10.0. The number of carbonyl (C=O) groups is 2. The minimum Gasteiger partial charge on any atom is -0.508 e. The normalized spacial score (nSPS) is 14.8. The smallest absolute Gasteiger partial charge is 0.345 e. The summed E-state index contributed by atoms with van der Waals surface area (Å²) in [5.74, 6) is -5.40. The summed E-state index contributed by atoms with van der Waals surface area (Å²) in [7, 11) is 0. The minimum atomic E-state index is -1.69. The Morgan fingerprint density at radius 1 is 0.788 bits per heavy atom. The quantitative estimate of drug-likeness (QED) is 0.0553. The van der Waals surface area contributed by atoms with Crippen LogP contribution in [0.25, 0.3) is 28.9 Å². The number of nitrogens with one attached hydrogen (secondary N) is 1. The van der Waals surface area contributed by atoms with Crippen molar-refractivity contribution >= 4 is 29.7 Å². The molecule has 0 bridgehead atoms. The Morgan fingerprint density at radius 3 is 2.25 bits per heavy atom. The van der Waals surface area contributed by atoms with Crippen molar-refractivity contribution < 1.29 is 55.2 Å². The maximum Gasteiger partial charge on any atom is 0.345 e. The van der Waals surface area contributed by atoms with Crippen molar-refractivity contribution in [3.05, 3.63) is 93.6 Å². The molecule has 4 aromatic rings. The molecular weight excluding hydrogens is 670 g/mol. The number of likely N-dealkylation sites (N-methyl/N-ethyl adjacent to an activating group) is 1. The van der Waals surface area contributed by atoms with Gasteiger partial charge < -0.3 is 50.9 Å². The van der Waals surface area contributed by atoms with E-state index >= 15 is 0 Å². The van der Waals surface area contributed by atoms with Crippen LogP contribution < -0.4 is 5.32 Å². The van der Waals surface area contributed by atoms with Crippen LogP contribution in [0.1, 0.15) is 64.6 Å². The first-order valence-corrected chi connectivity index (χ1v) is 16.9. The summed E-state index contributed by atoms with van der Waals surface area (Å²) < 4.78 is 5.44. The SMILES string of the molecule is CCNC[C@@H](c1ccc(O)c(O)c1)[C@@H](OC(=O)C=Cc1cc(O)c(O)c2c1C=C(c1cc(O)c(O)c3c1-c1cccc(O)c1CCC3)CC2)C(=O)O. The number of phenolic OH excluding ortho intramolecular Hbond substituents is 7. The van der Waals surface area contributed by atoms with Crippen LogP contribution >= 0.6 is 0 Å². The fourth-order valence-corrected chi connectivity index (χ4v) is 7.16. The van der Waals surface area contributed by atoms with Crippen LogP contribution in [0.4, 0.5) is 0 Å². The van der Waals surface area contributed by atoms with E-state index in [2.05, 4.69) is 5.32 Å². The molecule has 6 rings (SSSR count). The fourth-order valence-electron chi connectivity index (χ4n) is 7.16. The van der Waals surface area contributed by atoms with Crippen LogP contribution in [0, 0.1) is 0 Å². The van der Waals surface area contributed by atoms with Gasteiger partial charge in [-0.05, 0) is 114 Å². The van der Waals surface area contributed by atoms with E-state index < -0.39 is 41.2 Å². The molecule has 0 unspecified atom stereocenters. The summed E-state index contributed by atoms with van der Waals surface area (Å²) in [5, 5.41) is 86.8. The number of hydrogen-bond acceptors (Lipinski definition) is 11. The lowest BCUT2D eigenvalue weighted by atomic mass is 9.81. The number of hydrogen-bond donors (Lipinski definition) is 9. The van der Waals surface area contributed by atoms with E-state index in [-0.39, 0.29) is 36.0 Å². The van der Waals surface area contributed by atoms with Crippen molar-refractivity contribution in [2.75, 3.05) is 13.1 Å².